The molecule has 1 aromatic rings. The molecule has 1 aromatic carbocycles. The van der Waals surface area contributed by atoms with Gasteiger partial charge in [-0.2, -0.15) is 0 Å². The smallest absolute Gasteiger partial charge is 0.269 e. The topological polar surface area (TPSA) is 56.1 Å². The Morgan fingerprint density at radius 3 is 1.96 bits per heavy atom. The second-order valence-corrected chi connectivity index (χ2v) is 8.24. The van der Waals surface area contributed by atoms with Gasteiger partial charge >= 0.3 is 0 Å². The van der Waals surface area contributed by atoms with Crippen LogP contribution >= 0.6 is 0 Å². The monoisotopic (exact) mass is 357 g/mol. The first-order chi connectivity index (χ1) is 12.7. The van der Waals surface area contributed by atoms with Gasteiger partial charge in [-0.15, -0.1) is 0 Å². The van der Waals surface area contributed by atoms with E-state index in [0.29, 0.717) is 18.2 Å². The van der Waals surface area contributed by atoms with Gasteiger partial charge in [0.15, 0.2) is 0 Å². The molecule has 0 amide bonds. The van der Waals surface area contributed by atoms with Gasteiger partial charge in [0, 0.05) is 64.5 Å². The minimum absolute atomic E-state index is 0.182. The van der Waals surface area contributed by atoms with Crippen LogP contribution in [0.2, 0.25) is 0 Å². The number of nitro benzene ring substituents is 1. The number of nitro groups is 1. The molecule has 0 aromatic heterocycles. The van der Waals surface area contributed by atoms with Crippen molar-refractivity contribution in [3.8, 4) is 0 Å². The number of rotatable bonds is 3. The quantitative estimate of drug-likeness (QED) is 0.596. The van der Waals surface area contributed by atoms with Crippen LogP contribution in [0.5, 0.6) is 0 Å². The molecule has 4 aliphatic rings. The predicted molar refractivity (Wildman–Crippen MR) is 98.8 cm³/mol. The molecule has 140 valence electrons. The van der Waals surface area contributed by atoms with Gasteiger partial charge in [0.2, 0.25) is 0 Å². The number of hydrogen-bond acceptors (Lipinski definition) is 6. The van der Waals surface area contributed by atoms with E-state index in [4.69, 9.17) is 0 Å². The van der Waals surface area contributed by atoms with Crippen LogP contribution in [0.4, 0.5) is 5.69 Å². The van der Waals surface area contributed by atoms with E-state index >= 15 is 0 Å². The van der Waals surface area contributed by atoms with E-state index in [-0.39, 0.29) is 10.6 Å². The molecule has 0 N–H and O–H groups in total. The van der Waals surface area contributed by atoms with E-state index in [0.717, 1.165) is 19.5 Å². The molecule has 4 heterocycles. The average molecular weight is 357 g/mol. The molecule has 7 nitrogen and oxygen atoms in total. The molecule has 0 saturated carbocycles. The molecule has 0 bridgehead atoms. The summed E-state index contributed by atoms with van der Waals surface area (Å²) < 4.78 is 0. The fourth-order valence-corrected chi connectivity index (χ4v) is 5.56. The van der Waals surface area contributed by atoms with E-state index in [1.807, 2.05) is 12.1 Å². The molecule has 7 heteroatoms. The second-order valence-electron chi connectivity index (χ2n) is 8.24. The van der Waals surface area contributed by atoms with Crippen LogP contribution in [0, 0.1) is 16.0 Å². The summed E-state index contributed by atoms with van der Waals surface area (Å²) in [5.41, 5.74) is 1.40. The molecule has 0 spiro atoms. The summed E-state index contributed by atoms with van der Waals surface area (Å²) in [6, 6.07) is 7.14. The Kier molecular flexibility index (Phi) is 4.20. The molecule has 0 radical (unpaired) electrons. The Morgan fingerprint density at radius 2 is 1.38 bits per heavy atom. The molecule has 4 fully saturated rings. The molecule has 26 heavy (non-hydrogen) atoms. The lowest BCUT2D eigenvalue weighted by Gasteiger charge is -2.62. The molecule has 0 aliphatic carbocycles. The van der Waals surface area contributed by atoms with Gasteiger partial charge in [-0.25, -0.2) is 0 Å². The third-order valence-electron chi connectivity index (χ3n) is 6.66. The van der Waals surface area contributed by atoms with Gasteiger partial charge < -0.3 is 0 Å². The van der Waals surface area contributed by atoms with Crippen LogP contribution in [0.3, 0.4) is 0 Å². The maximum atomic E-state index is 10.8. The summed E-state index contributed by atoms with van der Waals surface area (Å²) in [5, 5.41) is 10.8. The Balaban J connectivity index is 1.30. The molecular formula is C19H27N5O2. The molecule has 4 saturated heterocycles. The lowest BCUT2D eigenvalue weighted by Crippen LogP contribution is -2.78. The first-order valence-corrected chi connectivity index (χ1v) is 9.88. The molecule has 0 atom stereocenters. The van der Waals surface area contributed by atoms with Crippen molar-refractivity contribution < 1.29 is 4.92 Å². The van der Waals surface area contributed by atoms with Crippen LogP contribution in [-0.2, 0) is 6.42 Å². The van der Waals surface area contributed by atoms with Crippen molar-refractivity contribution in [1.29, 1.82) is 0 Å². The van der Waals surface area contributed by atoms with E-state index in [1.54, 1.807) is 12.1 Å². The first-order valence-electron chi connectivity index (χ1n) is 9.88. The third kappa shape index (κ3) is 2.83. The molecule has 4 aliphatic heterocycles. The summed E-state index contributed by atoms with van der Waals surface area (Å²) in [6.45, 7) is 9.53. The Labute approximate surface area is 154 Å². The SMILES string of the molecule is O=[N+]([O-])c1ccc(CC2CN3CCN4CCCN5CCN(C2)C3C45)cc1. The van der Waals surface area contributed by atoms with Crippen LogP contribution in [0.15, 0.2) is 24.3 Å². The van der Waals surface area contributed by atoms with Gasteiger partial charge in [0.1, 0.15) is 0 Å². The molecular weight excluding hydrogens is 330 g/mol. The second kappa shape index (κ2) is 6.56. The van der Waals surface area contributed by atoms with E-state index < -0.39 is 0 Å². The maximum absolute atomic E-state index is 10.8. The van der Waals surface area contributed by atoms with Crippen LogP contribution < -0.4 is 0 Å². The zero-order valence-corrected chi connectivity index (χ0v) is 15.2. The normalized spacial score (nSPS) is 33.0. The number of piperazine rings is 2. The van der Waals surface area contributed by atoms with Crippen LogP contribution in [0.1, 0.15) is 12.0 Å². The lowest BCUT2D eigenvalue weighted by atomic mass is 9.92. The van der Waals surface area contributed by atoms with Crippen LogP contribution in [0.25, 0.3) is 0 Å². The average Bonchev–Trinajstić information content (AvgIpc) is 2.66. The summed E-state index contributed by atoms with van der Waals surface area (Å²) in [7, 11) is 0. The number of non-ortho nitro benzene ring substituents is 1. The Bertz CT molecular complexity index is 655. The van der Waals surface area contributed by atoms with Crippen LogP contribution in [-0.4, -0.2) is 89.2 Å². The van der Waals surface area contributed by atoms with Gasteiger partial charge in [0.05, 0.1) is 17.3 Å². The number of benzene rings is 1. The summed E-state index contributed by atoms with van der Waals surface area (Å²) in [6.07, 6.45) is 3.47. The minimum Gasteiger partial charge on any atom is -0.284 e. The highest BCUT2D eigenvalue weighted by Crippen LogP contribution is 2.34. The van der Waals surface area contributed by atoms with Crippen molar-refractivity contribution in [2.75, 3.05) is 52.4 Å². The Hall–Kier alpha value is -1.54. The van der Waals surface area contributed by atoms with Crippen molar-refractivity contribution in [2.45, 2.75) is 25.2 Å². The van der Waals surface area contributed by atoms with Gasteiger partial charge in [-0.3, -0.25) is 29.7 Å². The van der Waals surface area contributed by atoms with Gasteiger partial charge in [-0.05, 0) is 24.3 Å². The first kappa shape index (κ1) is 16.6. The fourth-order valence-electron chi connectivity index (χ4n) is 5.56. The van der Waals surface area contributed by atoms with Crippen molar-refractivity contribution in [2.24, 2.45) is 5.92 Å². The number of nitrogens with zero attached hydrogens (tertiary/aromatic N) is 5. The molecule has 5 rings (SSSR count). The highest BCUT2D eigenvalue weighted by Gasteiger charge is 2.49. The lowest BCUT2D eigenvalue weighted by molar-refractivity contribution is -0.384. The summed E-state index contributed by atoms with van der Waals surface area (Å²) in [5.74, 6) is 0.606. The Morgan fingerprint density at radius 1 is 0.846 bits per heavy atom. The van der Waals surface area contributed by atoms with Crippen molar-refractivity contribution in [1.82, 2.24) is 19.6 Å². The van der Waals surface area contributed by atoms with Crippen molar-refractivity contribution in [3.05, 3.63) is 39.9 Å². The van der Waals surface area contributed by atoms with E-state index in [9.17, 15) is 10.1 Å². The molecule has 0 unspecified atom stereocenters. The maximum Gasteiger partial charge on any atom is 0.269 e. The van der Waals surface area contributed by atoms with Crippen molar-refractivity contribution >= 4 is 5.69 Å². The minimum atomic E-state index is -0.321. The van der Waals surface area contributed by atoms with Crippen molar-refractivity contribution in [3.63, 3.8) is 0 Å². The summed E-state index contributed by atoms with van der Waals surface area (Å²) >= 11 is 0. The summed E-state index contributed by atoms with van der Waals surface area (Å²) in [4.78, 5) is 21.3. The largest absolute Gasteiger partial charge is 0.284 e. The zero-order chi connectivity index (χ0) is 17.7. The highest BCUT2D eigenvalue weighted by molar-refractivity contribution is 5.33. The third-order valence-corrected chi connectivity index (χ3v) is 6.66. The highest BCUT2D eigenvalue weighted by atomic mass is 16.6. The number of hydrogen-bond donors (Lipinski definition) is 0. The van der Waals surface area contributed by atoms with E-state index in [2.05, 4.69) is 19.6 Å². The van der Waals surface area contributed by atoms with Gasteiger partial charge in [0.25, 0.3) is 5.69 Å². The van der Waals surface area contributed by atoms with Gasteiger partial charge in [-0.1, -0.05) is 12.1 Å². The predicted octanol–water partition coefficient (Wildman–Crippen LogP) is 1.06. The van der Waals surface area contributed by atoms with E-state index in [1.165, 1.54) is 51.3 Å². The zero-order valence-electron chi connectivity index (χ0n) is 15.2. The standard InChI is InChI=1S/C19H27N5O2/c25-24(26)17-4-2-15(3-5-17)12-16-13-22-10-8-20-6-1-7-21-9-11-23(14-16)19(22)18(20)21/h2-5,16,18-19H,1,6-14H2. The fraction of sp³-hybridized carbons (Fsp3) is 0.684.